The van der Waals surface area contributed by atoms with Crippen LogP contribution < -0.4 is 5.32 Å². The minimum absolute atomic E-state index is 0.229. The lowest BCUT2D eigenvalue weighted by Gasteiger charge is -2.21. The molecule has 2 aromatic rings. The Balaban J connectivity index is 1.80. The van der Waals surface area contributed by atoms with Gasteiger partial charge in [0.25, 0.3) is 0 Å². The highest BCUT2D eigenvalue weighted by molar-refractivity contribution is 5.61. The molecule has 1 aliphatic heterocycles. The summed E-state index contributed by atoms with van der Waals surface area (Å²) in [6.45, 7) is 1.04. The van der Waals surface area contributed by atoms with E-state index in [1.54, 1.807) is 12.1 Å². The summed E-state index contributed by atoms with van der Waals surface area (Å²) in [5.74, 6) is 0.623. The molecule has 1 unspecified atom stereocenters. The van der Waals surface area contributed by atoms with Crippen molar-refractivity contribution in [1.29, 1.82) is 0 Å². The maximum absolute atomic E-state index is 12.9. The van der Waals surface area contributed by atoms with E-state index in [1.165, 1.54) is 25.0 Å². The Kier molecular flexibility index (Phi) is 3.51. The largest absolute Gasteiger partial charge is 0.307 e. The first-order valence-electron chi connectivity index (χ1n) is 6.64. The van der Waals surface area contributed by atoms with Crippen molar-refractivity contribution in [3.05, 3.63) is 48.3 Å². The molecule has 0 aliphatic carbocycles. The fourth-order valence-electron chi connectivity index (χ4n) is 2.38. The molecule has 0 bridgehead atoms. The smallest absolute Gasteiger partial charge is 0.145 e. The number of nitrogens with zero attached hydrogens (tertiary/aromatic N) is 2. The van der Waals surface area contributed by atoms with Gasteiger partial charge in [-0.15, -0.1) is 0 Å². The van der Waals surface area contributed by atoms with Gasteiger partial charge in [0.1, 0.15) is 11.6 Å². The SMILES string of the molecule is Fc1ccc(-c2cnc(C3CCCCN3)nc2)cc1. The molecule has 1 aromatic heterocycles. The Bertz CT molecular complexity index is 530. The van der Waals surface area contributed by atoms with E-state index in [2.05, 4.69) is 15.3 Å². The highest BCUT2D eigenvalue weighted by atomic mass is 19.1. The molecular formula is C15H16FN3. The van der Waals surface area contributed by atoms with E-state index in [9.17, 15) is 4.39 Å². The van der Waals surface area contributed by atoms with Crippen LogP contribution in [0.3, 0.4) is 0 Å². The Morgan fingerprint density at radius 2 is 1.74 bits per heavy atom. The molecule has 0 spiro atoms. The molecule has 3 nitrogen and oxygen atoms in total. The summed E-state index contributed by atoms with van der Waals surface area (Å²) in [6.07, 6.45) is 7.17. The van der Waals surface area contributed by atoms with Crippen LogP contribution in [-0.2, 0) is 0 Å². The van der Waals surface area contributed by atoms with E-state index < -0.39 is 0 Å². The van der Waals surface area contributed by atoms with Crippen LogP contribution in [0, 0.1) is 5.82 Å². The zero-order valence-electron chi connectivity index (χ0n) is 10.6. The molecule has 0 amide bonds. The van der Waals surface area contributed by atoms with Gasteiger partial charge in [0, 0.05) is 18.0 Å². The topological polar surface area (TPSA) is 37.8 Å². The van der Waals surface area contributed by atoms with Crippen LogP contribution in [0.1, 0.15) is 31.1 Å². The molecule has 3 rings (SSSR count). The third-order valence-electron chi connectivity index (χ3n) is 3.47. The Hall–Kier alpha value is -1.81. The molecule has 19 heavy (non-hydrogen) atoms. The van der Waals surface area contributed by atoms with Crippen molar-refractivity contribution in [2.75, 3.05) is 6.54 Å². The molecule has 1 atom stereocenters. The van der Waals surface area contributed by atoms with Gasteiger partial charge >= 0.3 is 0 Å². The van der Waals surface area contributed by atoms with E-state index in [0.717, 1.165) is 29.9 Å². The number of benzene rings is 1. The van der Waals surface area contributed by atoms with Crippen LogP contribution in [0.15, 0.2) is 36.7 Å². The van der Waals surface area contributed by atoms with Crippen molar-refractivity contribution in [3.63, 3.8) is 0 Å². The summed E-state index contributed by atoms with van der Waals surface area (Å²) in [4.78, 5) is 8.87. The summed E-state index contributed by atoms with van der Waals surface area (Å²) < 4.78 is 12.9. The predicted octanol–water partition coefficient (Wildman–Crippen LogP) is 3.10. The van der Waals surface area contributed by atoms with Crippen LogP contribution in [0.25, 0.3) is 11.1 Å². The number of aromatic nitrogens is 2. The maximum atomic E-state index is 12.9. The molecule has 1 N–H and O–H groups in total. The number of hydrogen-bond acceptors (Lipinski definition) is 3. The summed E-state index contributed by atoms with van der Waals surface area (Å²) >= 11 is 0. The van der Waals surface area contributed by atoms with Gasteiger partial charge in [-0.3, -0.25) is 0 Å². The minimum Gasteiger partial charge on any atom is -0.307 e. The average Bonchev–Trinajstić information content (AvgIpc) is 2.49. The van der Waals surface area contributed by atoms with Crippen molar-refractivity contribution >= 4 is 0 Å². The molecule has 2 heterocycles. The lowest BCUT2D eigenvalue weighted by molar-refractivity contribution is 0.397. The summed E-state index contributed by atoms with van der Waals surface area (Å²) in [5.41, 5.74) is 1.85. The number of rotatable bonds is 2. The zero-order valence-corrected chi connectivity index (χ0v) is 10.6. The van der Waals surface area contributed by atoms with Crippen LogP contribution in [0.5, 0.6) is 0 Å². The molecule has 1 aromatic carbocycles. The highest BCUT2D eigenvalue weighted by Gasteiger charge is 2.16. The normalized spacial score (nSPS) is 19.3. The van der Waals surface area contributed by atoms with Gasteiger partial charge in [-0.2, -0.15) is 0 Å². The quantitative estimate of drug-likeness (QED) is 0.898. The third-order valence-corrected chi connectivity index (χ3v) is 3.47. The second-order valence-corrected chi connectivity index (χ2v) is 4.84. The third kappa shape index (κ3) is 2.79. The first kappa shape index (κ1) is 12.2. The number of hydrogen-bond donors (Lipinski definition) is 1. The minimum atomic E-state index is -0.229. The van der Waals surface area contributed by atoms with E-state index in [0.29, 0.717) is 0 Å². The predicted molar refractivity (Wildman–Crippen MR) is 72.0 cm³/mol. The van der Waals surface area contributed by atoms with Gasteiger partial charge in [0.15, 0.2) is 0 Å². The van der Waals surface area contributed by atoms with Crippen LogP contribution in [-0.4, -0.2) is 16.5 Å². The summed E-state index contributed by atoms with van der Waals surface area (Å²) in [6, 6.07) is 6.66. The molecule has 98 valence electrons. The second-order valence-electron chi connectivity index (χ2n) is 4.84. The average molecular weight is 257 g/mol. The van der Waals surface area contributed by atoms with E-state index >= 15 is 0 Å². The molecule has 1 aliphatic rings. The molecule has 4 heteroatoms. The van der Waals surface area contributed by atoms with E-state index in [-0.39, 0.29) is 11.9 Å². The highest BCUT2D eigenvalue weighted by Crippen LogP contribution is 2.22. The Labute approximate surface area is 111 Å². The molecule has 1 saturated heterocycles. The van der Waals surface area contributed by atoms with Crippen molar-refractivity contribution in [2.45, 2.75) is 25.3 Å². The van der Waals surface area contributed by atoms with Crippen LogP contribution >= 0.6 is 0 Å². The maximum Gasteiger partial charge on any atom is 0.145 e. The van der Waals surface area contributed by atoms with Crippen molar-refractivity contribution in [3.8, 4) is 11.1 Å². The fourth-order valence-corrected chi connectivity index (χ4v) is 2.38. The lowest BCUT2D eigenvalue weighted by Crippen LogP contribution is -2.28. The Morgan fingerprint density at radius 1 is 1.00 bits per heavy atom. The van der Waals surface area contributed by atoms with Gasteiger partial charge in [-0.05, 0) is 37.1 Å². The number of piperidine rings is 1. The number of nitrogens with one attached hydrogen (secondary N) is 1. The number of halogens is 1. The molecular weight excluding hydrogens is 241 g/mol. The van der Waals surface area contributed by atoms with Gasteiger partial charge in [-0.1, -0.05) is 18.6 Å². The van der Waals surface area contributed by atoms with Crippen LogP contribution in [0.2, 0.25) is 0 Å². The van der Waals surface area contributed by atoms with Gasteiger partial charge in [0.2, 0.25) is 0 Å². The van der Waals surface area contributed by atoms with E-state index in [1.807, 2.05) is 12.4 Å². The van der Waals surface area contributed by atoms with Crippen molar-refractivity contribution in [1.82, 2.24) is 15.3 Å². The lowest BCUT2D eigenvalue weighted by atomic mass is 10.0. The Morgan fingerprint density at radius 3 is 2.37 bits per heavy atom. The molecule has 0 radical (unpaired) electrons. The first-order valence-corrected chi connectivity index (χ1v) is 6.64. The summed E-state index contributed by atoms with van der Waals surface area (Å²) in [7, 11) is 0. The zero-order chi connectivity index (χ0) is 13.1. The van der Waals surface area contributed by atoms with Crippen molar-refractivity contribution in [2.24, 2.45) is 0 Å². The monoisotopic (exact) mass is 257 g/mol. The van der Waals surface area contributed by atoms with Gasteiger partial charge < -0.3 is 5.32 Å². The van der Waals surface area contributed by atoms with Gasteiger partial charge in [-0.25, -0.2) is 14.4 Å². The molecule has 1 fully saturated rings. The molecule has 0 saturated carbocycles. The second kappa shape index (κ2) is 5.45. The van der Waals surface area contributed by atoms with Crippen molar-refractivity contribution < 1.29 is 4.39 Å². The van der Waals surface area contributed by atoms with Gasteiger partial charge in [0.05, 0.1) is 6.04 Å². The standard InChI is InChI=1S/C15H16FN3/c16-13-6-4-11(5-7-13)12-9-18-15(19-10-12)14-3-1-2-8-17-14/h4-7,9-10,14,17H,1-3,8H2. The first-order chi connectivity index (χ1) is 9.33. The fraction of sp³-hybridized carbons (Fsp3) is 0.333. The van der Waals surface area contributed by atoms with E-state index in [4.69, 9.17) is 0 Å². The summed E-state index contributed by atoms with van der Waals surface area (Å²) in [5, 5.41) is 3.43. The van der Waals surface area contributed by atoms with Crippen LogP contribution in [0.4, 0.5) is 4.39 Å².